The summed E-state index contributed by atoms with van der Waals surface area (Å²) in [6, 6.07) is 10.6. The molecule has 148 valence electrons. The number of carbonyl (C=O) groups is 1. The van der Waals surface area contributed by atoms with Crippen LogP contribution in [0.4, 0.5) is 5.69 Å². The molecule has 0 bridgehead atoms. The van der Waals surface area contributed by atoms with E-state index in [2.05, 4.69) is 42.3 Å². The number of nitrogens with one attached hydrogen (secondary N) is 1. The summed E-state index contributed by atoms with van der Waals surface area (Å²) in [7, 11) is 0. The Balaban J connectivity index is 1.63. The molecule has 29 heavy (non-hydrogen) atoms. The van der Waals surface area contributed by atoms with Crippen molar-refractivity contribution in [2.24, 2.45) is 5.10 Å². The van der Waals surface area contributed by atoms with E-state index < -0.39 is 5.91 Å². The minimum Gasteiger partial charge on any atom is -0.455 e. The third-order valence-corrected chi connectivity index (χ3v) is 5.11. The lowest BCUT2D eigenvalue weighted by Gasteiger charge is -2.23. The van der Waals surface area contributed by atoms with Crippen LogP contribution in [0.15, 0.2) is 44.4 Å². The van der Waals surface area contributed by atoms with Crippen molar-refractivity contribution in [2.75, 3.05) is 25.3 Å². The molecule has 0 atom stereocenters. The van der Waals surface area contributed by atoms with Gasteiger partial charge in [0.2, 0.25) is 12.5 Å². The van der Waals surface area contributed by atoms with Crippen LogP contribution < -0.4 is 24.5 Å². The fourth-order valence-corrected chi connectivity index (χ4v) is 3.91. The van der Waals surface area contributed by atoms with Gasteiger partial charge in [-0.2, -0.15) is 10.4 Å². The van der Waals surface area contributed by atoms with Gasteiger partial charge in [0.1, 0.15) is 25.3 Å². The maximum Gasteiger partial charge on any atom is 0.284 e. The molecule has 0 fully saturated rings. The Hall–Kier alpha value is -2.81. The number of rotatable bonds is 3. The number of hydrogen-bond donors (Lipinski definition) is 1. The van der Waals surface area contributed by atoms with Crippen molar-refractivity contribution < 1.29 is 23.7 Å². The number of nitrogens with zero attached hydrogens (tertiary/aromatic N) is 3. The van der Waals surface area contributed by atoms with E-state index in [0.29, 0.717) is 37.6 Å². The van der Waals surface area contributed by atoms with Gasteiger partial charge in [0, 0.05) is 6.07 Å². The van der Waals surface area contributed by atoms with Crippen molar-refractivity contribution >= 4 is 49.2 Å². The van der Waals surface area contributed by atoms with Gasteiger partial charge < -0.3 is 24.3 Å². The van der Waals surface area contributed by atoms with Gasteiger partial charge in [0.15, 0.2) is 17.2 Å². The maximum atomic E-state index is 11.8. The molecule has 0 aliphatic carbocycles. The van der Waals surface area contributed by atoms with Gasteiger partial charge in [0.05, 0.1) is 14.6 Å². The molecule has 0 aromatic heterocycles. The van der Waals surface area contributed by atoms with E-state index in [1.807, 2.05) is 0 Å². The second-order valence-corrected chi connectivity index (χ2v) is 7.51. The van der Waals surface area contributed by atoms with E-state index in [0.717, 1.165) is 0 Å². The second-order valence-electron chi connectivity index (χ2n) is 5.80. The van der Waals surface area contributed by atoms with Crippen LogP contribution in [0.25, 0.3) is 0 Å². The number of ether oxygens (including phenoxy) is 4. The fraction of sp³-hybridized carbons (Fsp3) is 0.167. The van der Waals surface area contributed by atoms with Crippen molar-refractivity contribution in [1.82, 2.24) is 5.32 Å². The van der Waals surface area contributed by atoms with Crippen LogP contribution >= 0.6 is 31.9 Å². The van der Waals surface area contributed by atoms with Crippen LogP contribution in [0.2, 0.25) is 0 Å². The highest BCUT2D eigenvalue weighted by Crippen LogP contribution is 2.42. The zero-order valence-electron chi connectivity index (χ0n) is 14.6. The molecule has 2 aliphatic heterocycles. The maximum absolute atomic E-state index is 11.8. The highest BCUT2D eigenvalue weighted by molar-refractivity contribution is 9.11. The molecule has 2 aliphatic rings. The first-order chi connectivity index (χ1) is 14.0. The van der Waals surface area contributed by atoms with Crippen LogP contribution in [0, 0.1) is 11.3 Å². The number of hydrazone groups is 1. The molecular weight excluding hydrogens is 512 g/mol. The van der Waals surface area contributed by atoms with Crippen LogP contribution in [0.3, 0.4) is 0 Å². The quantitative estimate of drug-likeness (QED) is 0.656. The Bertz CT molecular complexity index is 1030. The Morgan fingerprint density at radius 3 is 2.69 bits per heavy atom. The predicted molar refractivity (Wildman–Crippen MR) is 109 cm³/mol. The van der Waals surface area contributed by atoms with Crippen LogP contribution in [-0.4, -0.2) is 31.9 Å². The summed E-state index contributed by atoms with van der Waals surface area (Å²) in [5.41, 5.74) is 0.325. The molecule has 0 radical (unpaired) electrons. The summed E-state index contributed by atoms with van der Waals surface area (Å²) in [6.07, 6.45) is 0. The average molecular weight is 524 g/mol. The Morgan fingerprint density at radius 1 is 1.17 bits per heavy atom. The topological polar surface area (TPSA) is 105 Å². The Morgan fingerprint density at radius 2 is 1.93 bits per heavy atom. The fourth-order valence-electron chi connectivity index (χ4n) is 2.58. The van der Waals surface area contributed by atoms with Gasteiger partial charge >= 0.3 is 0 Å². The van der Waals surface area contributed by atoms with E-state index in [9.17, 15) is 4.79 Å². The third-order valence-electron chi connectivity index (χ3n) is 3.94. The molecule has 2 aromatic rings. The molecule has 11 heteroatoms. The van der Waals surface area contributed by atoms with E-state index in [1.165, 1.54) is 5.01 Å². The normalized spacial score (nSPS) is 17.5. The number of nitriles is 1. The lowest BCUT2D eigenvalue weighted by Crippen LogP contribution is -2.38. The Kier molecular flexibility index (Phi) is 5.57. The summed E-state index contributed by atoms with van der Waals surface area (Å²) < 4.78 is 23.2. The molecule has 1 amide bonds. The molecule has 9 nitrogen and oxygen atoms in total. The zero-order chi connectivity index (χ0) is 20.4. The van der Waals surface area contributed by atoms with Gasteiger partial charge in [0.25, 0.3) is 5.91 Å². The van der Waals surface area contributed by atoms with E-state index in [4.69, 9.17) is 24.2 Å². The van der Waals surface area contributed by atoms with Crippen molar-refractivity contribution in [3.05, 3.63) is 39.3 Å². The van der Waals surface area contributed by atoms with Crippen LogP contribution in [-0.2, 0) is 9.53 Å². The minimum atomic E-state index is -0.599. The van der Waals surface area contributed by atoms with Gasteiger partial charge in [-0.3, -0.25) is 4.79 Å². The lowest BCUT2D eigenvalue weighted by molar-refractivity contribution is -0.116. The van der Waals surface area contributed by atoms with Gasteiger partial charge in [-0.05, 0) is 56.1 Å². The largest absolute Gasteiger partial charge is 0.455 e. The number of carbonyl (C=O) groups excluding carboxylic acids is 1. The summed E-state index contributed by atoms with van der Waals surface area (Å²) in [5.74, 6) is 1.78. The number of hydrogen-bond acceptors (Lipinski definition) is 8. The smallest absolute Gasteiger partial charge is 0.284 e. The highest BCUT2D eigenvalue weighted by Gasteiger charge is 2.20. The summed E-state index contributed by atoms with van der Waals surface area (Å²) >= 11 is 6.98. The predicted octanol–water partition coefficient (Wildman–Crippen LogP) is 3.48. The number of amides is 1. The van der Waals surface area contributed by atoms with Crippen LogP contribution in [0.5, 0.6) is 23.0 Å². The highest BCUT2D eigenvalue weighted by atomic mass is 79.9. The van der Waals surface area contributed by atoms with E-state index >= 15 is 0 Å². The average Bonchev–Trinajstić information content (AvgIpc) is 3.16. The zero-order valence-corrected chi connectivity index (χ0v) is 17.8. The SMILES string of the molecule is N#C/C1=N/N(c2cc(Br)c(Oc3ccc4c(c3)OCO4)c(Br)c2)COCNC1=O. The van der Waals surface area contributed by atoms with Gasteiger partial charge in [-0.1, -0.05) is 0 Å². The van der Waals surface area contributed by atoms with Gasteiger partial charge in [-0.25, -0.2) is 5.01 Å². The summed E-state index contributed by atoms with van der Waals surface area (Å²) in [4.78, 5) is 11.8. The summed E-state index contributed by atoms with van der Waals surface area (Å²) in [6.45, 7) is 0.207. The lowest BCUT2D eigenvalue weighted by atomic mass is 10.2. The van der Waals surface area contributed by atoms with E-state index in [1.54, 1.807) is 36.4 Å². The number of fused-ring (bicyclic) bond motifs is 1. The second kappa shape index (κ2) is 8.28. The monoisotopic (exact) mass is 522 g/mol. The minimum absolute atomic E-state index is 0.0241. The molecule has 2 aromatic carbocycles. The first-order valence-corrected chi connectivity index (χ1v) is 9.82. The molecule has 0 spiro atoms. The molecule has 0 saturated heterocycles. The standard InChI is InChI=1S/C18H12Br2N4O5/c19-12-3-10(24-8-26-7-22-18(25)14(6-21)23-24)4-13(20)17(12)29-11-1-2-15-16(5-11)28-9-27-15/h1-5H,7-9H2,(H,22,25)/b23-14-. The van der Waals surface area contributed by atoms with Gasteiger partial charge in [-0.15, -0.1) is 0 Å². The van der Waals surface area contributed by atoms with Crippen molar-refractivity contribution in [3.63, 3.8) is 0 Å². The summed E-state index contributed by atoms with van der Waals surface area (Å²) in [5, 5.41) is 17.1. The molecule has 1 N–H and O–H groups in total. The van der Waals surface area contributed by atoms with Crippen LogP contribution in [0.1, 0.15) is 0 Å². The number of halogens is 2. The van der Waals surface area contributed by atoms with Crippen molar-refractivity contribution in [3.8, 4) is 29.1 Å². The molecule has 4 rings (SSSR count). The molecule has 0 saturated carbocycles. The van der Waals surface area contributed by atoms with Crippen molar-refractivity contribution in [1.29, 1.82) is 5.26 Å². The third kappa shape index (κ3) is 4.14. The molecule has 2 heterocycles. The first-order valence-electron chi connectivity index (χ1n) is 8.24. The molecular formula is C18H12Br2N4O5. The number of anilines is 1. The van der Waals surface area contributed by atoms with Crippen molar-refractivity contribution in [2.45, 2.75) is 0 Å². The Labute approximate surface area is 182 Å². The molecule has 0 unspecified atom stereocenters. The van der Waals surface area contributed by atoms with E-state index in [-0.39, 0.29) is 26.0 Å². The first kappa shape index (κ1) is 19.5. The number of benzene rings is 2.